The second-order valence-electron chi connectivity index (χ2n) is 5.66. The largest absolute Gasteiger partial charge is 0.475 e. The maximum Gasteiger partial charge on any atom is 0.371 e. The van der Waals surface area contributed by atoms with Crippen molar-refractivity contribution in [2.24, 2.45) is 0 Å². The minimum Gasteiger partial charge on any atom is -0.475 e. The van der Waals surface area contributed by atoms with Crippen molar-refractivity contribution in [2.75, 3.05) is 19.6 Å². The predicted molar refractivity (Wildman–Crippen MR) is 77.0 cm³/mol. The molecular formula is C15H24N2O3. The molecule has 5 nitrogen and oxygen atoms in total. The lowest BCUT2D eigenvalue weighted by Gasteiger charge is -2.30. The molecule has 1 fully saturated rings. The molecule has 0 radical (unpaired) electrons. The van der Waals surface area contributed by atoms with Crippen LogP contribution in [0.15, 0.2) is 16.5 Å². The van der Waals surface area contributed by atoms with E-state index >= 15 is 0 Å². The third-order valence-corrected chi connectivity index (χ3v) is 3.78. The van der Waals surface area contributed by atoms with E-state index in [1.807, 2.05) is 6.92 Å². The Hall–Kier alpha value is -1.33. The quantitative estimate of drug-likeness (QED) is 0.838. The summed E-state index contributed by atoms with van der Waals surface area (Å²) in [5, 5.41) is 12.3. The molecule has 0 aromatic carbocycles. The van der Waals surface area contributed by atoms with E-state index in [0.29, 0.717) is 11.8 Å². The summed E-state index contributed by atoms with van der Waals surface area (Å²) in [6, 6.07) is 3.60. The zero-order chi connectivity index (χ0) is 14.5. The number of hydrogen-bond acceptors (Lipinski definition) is 4. The number of likely N-dealkylation sites (tertiary alicyclic amines) is 1. The van der Waals surface area contributed by atoms with Gasteiger partial charge >= 0.3 is 5.97 Å². The van der Waals surface area contributed by atoms with Crippen LogP contribution in [0, 0.1) is 0 Å². The van der Waals surface area contributed by atoms with Gasteiger partial charge in [0.25, 0.3) is 0 Å². The number of carboxylic acids is 1. The standard InChI is InChI=1S/C15H24N2O3/c1-11(10-17-8-4-3-5-9-17)16-12(2)13-6-7-14(20-13)15(18)19/h6-7,11-12,16H,3-5,8-10H2,1-2H3,(H,18,19). The van der Waals surface area contributed by atoms with Gasteiger partial charge in [-0.25, -0.2) is 4.79 Å². The van der Waals surface area contributed by atoms with Crippen molar-refractivity contribution in [3.05, 3.63) is 23.7 Å². The van der Waals surface area contributed by atoms with Crippen molar-refractivity contribution in [1.82, 2.24) is 10.2 Å². The number of piperidine rings is 1. The first kappa shape index (κ1) is 15.1. The van der Waals surface area contributed by atoms with E-state index in [9.17, 15) is 4.79 Å². The number of hydrogen-bond donors (Lipinski definition) is 2. The number of aromatic carboxylic acids is 1. The second-order valence-corrected chi connectivity index (χ2v) is 5.66. The second kappa shape index (κ2) is 6.90. The third-order valence-electron chi connectivity index (χ3n) is 3.78. The average molecular weight is 280 g/mol. The van der Waals surface area contributed by atoms with E-state index in [0.717, 1.165) is 6.54 Å². The van der Waals surface area contributed by atoms with E-state index in [4.69, 9.17) is 9.52 Å². The van der Waals surface area contributed by atoms with Gasteiger partial charge in [0.15, 0.2) is 0 Å². The topological polar surface area (TPSA) is 65.7 Å². The van der Waals surface area contributed by atoms with Crippen LogP contribution in [-0.2, 0) is 0 Å². The summed E-state index contributed by atoms with van der Waals surface area (Å²) >= 11 is 0. The first-order chi connectivity index (χ1) is 9.56. The molecule has 1 aromatic heterocycles. The monoisotopic (exact) mass is 280 g/mol. The maximum atomic E-state index is 10.8. The molecule has 1 aliphatic rings. The number of nitrogens with one attached hydrogen (secondary N) is 1. The summed E-state index contributed by atoms with van der Waals surface area (Å²) in [5.74, 6) is -0.352. The van der Waals surface area contributed by atoms with Gasteiger partial charge < -0.3 is 19.7 Å². The Morgan fingerprint density at radius 2 is 2.05 bits per heavy atom. The Balaban J connectivity index is 1.82. The van der Waals surface area contributed by atoms with Gasteiger partial charge in [0.05, 0.1) is 6.04 Å². The summed E-state index contributed by atoms with van der Waals surface area (Å²) < 4.78 is 5.32. The number of rotatable bonds is 6. The number of carboxylic acid groups (broad SMARTS) is 1. The molecule has 2 heterocycles. The third kappa shape index (κ3) is 4.08. The summed E-state index contributed by atoms with van der Waals surface area (Å²) in [6.07, 6.45) is 3.93. The van der Waals surface area contributed by atoms with Crippen molar-refractivity contribution >= 4 is 5.97 Å². The first-order valence-corrected chi connectivity index (χ1v) is 7.37. The summed E-state index contributed by atoms with van der Waals surface area (Å²) in [7, 11) is 0. The van der Waals surface area contributed by atoms with Crippen molar-refractivity contribution in [3.63, 3.8) is 0 Å². The molecular weight excluding hydrogens is 256 g/mol. The lowest BCUT2D eigenvalue weighted by molar-refractivity contribution is 0.0659. The molecule has 0 saturated carbocycles. The highest BCUT2D eigenvalue weighted by molar-refractivity contribution is 5.84. The van der Waals surface area contributed by atoms with Gasteiger partial charge in [-0.3, -0.25) is 0 Å². The lowest BCUT2D eigenvalue weighted by Crippen LogP contribution is -2.42. The van der Waals surface area contributed by atoms with Gasteiger partial charge in [-0.1, -0.05) is 6.42 Å². The Morgan fingerprint density at radius 3 is 2.65 bits per heavy atom. The highest BCUT2D eigenvalue weighted by atomic mass is 16.4. The van der Waals surface area contributed by atoms with Crippen LogP contribution in [-0.4, -0.2) is 41.7 Å². The minimum absolute atomic E-state index is 0.00247. The van der Waals surface area contributed by atoms with Crippen LogP contribution in [0.2, 0.25) is 0 Å². The normalized spacial score (nSPS) is 19.7. The molecule has 5 heteroatoms. The molecule has 112 valence electrons. The predicted octanol–water partition coefficient (Wildman–Crippen LogP) is 2.50. The van der Waals surface area contributed by atoms with E-state index < -0.39 is 5.97 Å². The molecule has 2 N–H and O–H groups in total. The van der Waals surface area contributed by atoms with Crippen LogP contribution in [0.25, 0.3) is 0 Å². The smallest absolute Gasteiger partial charge is 0.371 e. The molecule has 20 heavy (non-hydrogen) atoms. The molecule has 2 rings (SSSR count). The number of carbonyl (C=O) groups is 1. The summed E-state index contributed by atoms with van der Waals surface area (Å²) in [5.41, 5.74) is 0. The van der Waals surface area contributed by atoms with Crippen LogP contribution in [0.5, 0.6) is 0 Å². The summed E-state index contributed by atoms with van der Waals surface area (Å²) in [4.78, 5) is 13.3. The molecule has 0 spiro atoms. The van der Waals surface area contributed by atoms with Gasteiger partial charge in [-0.2, -0.15) is 0 Å². The molecule has 1 aromatic rings. The SMILES string of the molecule is CC(CN1CCCCC1)NC(C)c1ccc(C(=O)O)o1. The van der Waals surface area contributed by atoms with E-state index in [-0.39, 0.29) is 11.8 Å². The fourth-order valence-electron chi connectivity index (χ4n) is 2.79. The Morgan fingerprint density at radius 1 is 1.35 bits per heavy atom. The maximum absolute atomic E-state index is 10.8. The van der Waals surface area contributed by atoms with Gasteiger partial charge in [-0.15, -0.1) is 0 Å². The highest BCUT2D eigenvalue weighted by Gasteiger charge is 2.18. The van der Waals surface area contributed by atoms with Crippen LogP contribution in [0.3, 0.4) is 0 Å². The number of furan rings is 1. The lowest BCUT2D eigenvalue weighted by atomic mass is 10.1. The molecule has 0 bridgehead atoms. The van der Waals surface area contributed by atoms with Gasteiger partial charge in [0.2, 0.25) is 5.76 Å². The van der Waals surface area contributed by atoms with E-state index in [1.54, 1.807) is 6.07 Å². The van der Waals surface area contributed by atoms with Crippen molar-refractivity contribution in [3.8, 4) is 0 Å². The first-order valence-electron chi connectivity index (χ1n) is 7.37. The van der Waals surface area contributed by atoms with Gasteiger partial charge in [0, 0.05) is 12.6 Å². The fourth-order valence-corrected chi connectivity index (χ4v) is 2.79. The van der Waals surface area contributed by atoms with E-state index in [2.05, 4.69) is 17.1 Å². The molecule has 2 unspecified atom stereocenters. The Kier molecular flexibility index (Phi) is 5.20. The van der Waals surface area contributed by atoms with Gasteiger partial charge in [0.1, 0.15) is 5.76 Å². The Labute approximate surface area is 119 Å². The van der Waals surface area contributed by atoms with Crippen molar-refractivity contribution in [1.29, 1.82) is 0 Å². The number of nitrogens with zero attached hydrogens (tertiary/aromatic N) is 1. The van der Waals surface area contributed by atoms with Crippen molar-refractivity contribution < 1.29 is 14.3 Å². The highest BCUT2D eigenvalue weighted by Crippen LogP contribution is 2.17. The molecule has 1 aliphatic heterocycles. The molecule has 0 aliphatic carbocycles. The van der Waals surface area contributed by atoms with Crippen molar-refractivity contribution in [2.45, 2.75) is 45.2 Å². The zero-order valence-electron chi connectivity index (χ0n) is 12.3. The minimum atomic E-state index is -1.02. The van der Waals surface area contributed by atoms with E-state index in [1.165, 1.54) is 38.4 Å². The Bertz CT molecular complexity index is 438. The zero-order valence-corrected chi connectivity index (χ0v) is 12.3. The van der Waals surface area contributed by atoms with Gasteiger partial charge in [-0.05, 0) is 51.9 Å². The molecule has 2 atom stereocenters. The van der Waals surface area contributed by atoms with Crippen LogP contribution >= 0.6 is 0 Å². The van der Waals surface area contributed by atoms with Crippen LogP contribution in [0.4, 0.5) is 0 Å². The van der Waals surface area contributed by atoms with Crippen LogP contribution in [0.1, 0.15) is 55.5 Å². The molecule has 1 saturated heterocycles. The average Bonchev–Trinajstić information content (AvgIpc) is 2.89. The fraction of sp³-hybridized carbons (Fsp3) is 0.667. The molecule has 0 amide bonds. The summed E-state index contributed by atoms with van der Waals surface area (Å²) in [6.45, 7) is 7.55. The van der Waals surface area contributed by atoms with Crippen LogP contribution < -0.4 is 5.32 Å².